The second kappa shape index (κ2) is 5.40. The lowest BCUT2D eigenvalue weighted by atomic mass is 10.2. The number of pyridine rings is 1. The number of alkyl halides is 3. The summed E-state index contributed by atoms with van der Waals surface area (Å²) < 4.78 is 40.6. The second-order valence-electron chi connectivity index (χ2n) is 3.60. The fraction of sp³-hybridized carbons (Fsp3) is 0.400. The van der Waals surface area contributed by atoms with Gasteiger partial charge in [-0.25, -0.2) is 4.98 Å². The van der Waals surface area contributed by atoms with Gasteiger partial charge in [0.15, 0.2) is 4.27 Å². The normalized spacial score (nSPS) is 12.3. The van der Waals surface area contributed by atoms with Crippen molar-refractivity contribution in [1.82, 2.24) is 4.98 Å². The molecule has 1 heterocycles. The van der Waals surface area contributed by atoms with Gasteiger partial charge in [0.05, 0.1) is 12.1 Å². The van der Waals surface area contributed by atoms with E-state index < -0.39 is 22.1 Å². The largest absolute Gasteiger partial charge is 0.439 e. The van der Waals surface area contributed by atoms with Crippen LogP contribution in [0.1, 0.15) is 18.3 Å². The van der Waals surface area contributed by atoms with Crippen molar-refractivity contribution in [1.29, 1.82) is 0 Å². The number of rotatable bonds is 3. The van der Waals surface area contributed by atoms with E-state index in [9.17, 15) is 18.0 Å². The maximum absolute atomic E-state index is 12.4. The zero-order chi connectivity index (χ0) is 14.0. The van der Waals surface area contributed by atoms with Gasteiger partial charge in [-0.3, -0.25) is 4.79 Å². The molecule has 18 heavy (non-hydrogen) atoms. The molecule has 3 nitrogen and oxygen atoms in total. The second-order valence-corrected chi connectivity index (χ2v) is 5.66. The van der Waals surface area contributed by atoms with Crippen LogP contribution in [0.15, 0.2) is 18.2 Å². The van der Waals surface area contributed by atoms with Gasteiger partial charge in [-0.2, -0.15) is 13.2 Å². The molecule has 0 aliphatic heterocycles. The van der Waals surface area contributed by atoms with Gasteiger partial charge in [0.25, 0.3) is 0 Å². The lowest BCUT2D eigenvalue weighted by Gasteiger charge is -2.17. The third-order valence-electron chi connectivity index (χ3n) is 1.73. The summed E-state index contributed by atoms with van der Waals surface area (Å²) in [7, 11) is 0. The number of nitrogens with zero attached hydrogens (tertiary/aromatic N) is 1. The van der Waals surface area contributed by atoms with Crippen molar-refractivity contribution < 1.29 is 22.7 Å². The van der Waals surface area contributed by atoms with Crippen LogP contribution in [0.5, 0.6) is 0 Å². The van der Waals surface area contributed by atoms with Gasteiger partial charge in [-0.15, -0.1) is 25.3 Å². The molecule has 0 saturated heterocycles. The van der Waals surface area contributed by atoms with Gasteiger partial charge in [-0.1, -0.05) is 6.07 Å². The number of carbonyl (C=O) groups excluding carboxylic acids is 1. The average Bonchev–Trinajstić information content (AvgIpc) is 2.13. The van der Waals surface area contributed by atoms with Crippen molar-refractivity contribution in [3.05, 3.63) is 29.6 Å². The molecule has 0 aliphatic carbocycles. The van der Waals surface area contributed by atoms with E-state index in [1.165, 1.54) is 19.1 Å². The molecule has 0 unspecified atom stereocenters. The number of halogens is 3. The van der Waals surface area contributed by atoms with Crippen molar-refractivity contribution in [2.45, 2.75) is 23.8 Å². The lowest BCUT2D eigenvalue weighted by molar-refractivity contribution is -0.146. The zero-order valence-corrected chi connectivity index (χ0v) is 11.0. The predicted octanol–water partition coefficient (Wildman–Crippen LogP) is 2.72. The van der Waals surface area contributed by atoms with Gasteiger partial charge in [0.2, 0.25) is 0 Å². The molecule has 0 aromatic carbocycles. The Labute approximate surface area is 113 Å². The highest BCUT2D eigenvalue weighted by Crippen LogP contribution is 2.27. The summed E-state index contributed by atoms with van der Waals surface area (Å²) >= 11 is 7.69. The highest BCUT2D eigenvalue weighted by molar-refractivity contribution is 8.00. The van der Waals surface area contributed by atoms with Crippen LogP contribution in [0.25, 0.3) is 0 Å². The maximum atomic E-state index is 12.4. The minimum Gasteiger partial charge on any atom is -0.439 e. The molecule has 1 aromatic heterocycles. The highest BCUT2D eigenvalue weighted by Gasteiger charge is 2.32. The molecule has 8 heteroatoms. The van der Waals surface area contributed by atoms with Gasteiger partial charge in [0.1, 0.15) is 5.69 Å². The standard InChI is InChI=1S/C10H10F3NO2S2/c1-9(17,18)16-8(15)5-6-3-2-4-7(14-6)10(11,12)13/h2-4,17-18H,5H2,1H3. The van der Waals surface area contributed by atoms with E-state index in [1.54, 1.807) is 0 Å². The molecule has 1 rings (SSSR count). The summed E-state index contributed by atoms with van der Waals surface area (Å²) in [5.41, 5.74) is -1.08. The summed E-state index contributed by atoms with van der Waals surface area (Å²) in [4.78, 5) is 14.7. The van der Waals surface area contributed by atoms with Gasteiger partial charge in [0, 0.05) is 0 Å². The molecule has 100 valence electrons. The maximum Gasteiger partial charge on any atom is 0.433 e. The number of carbonyl (C=O) groups is 1. The van der Waals surface area contributed by atoms with Crippen molar-refractivity contribution in [2.75, 3.05) is 0 Å². The summed E-state index contributed by atoms with van der Waals surface area (Å²) in [6.07, 6.45) is -4.91. The summed E-state index contributed by atoms with van der Waals surface area (Å²) in [5.74, 6) is -0.755. The first-order valence-corrected chi connectivity index (χ1v) is 5.67. The van der Waals surface area contributed by atoms with E-state index >= 15 is 0 Å². The molecular weight excluding hydrogens is 287 g/mol. The molecule has 1 aromatic rings. The van der Waals surface area contributed by atoms with Crippen LogP contribution in [0.2, 0.25) is 0 Å². The number of hydrogen-bond acceptors (Lipinski definition) is 5. The quantitative estimate of drug-likeness (QED) is 0.512. The van der Waals surface area contributed by atoms with Crippen LogP contribution < -0.4 is 0 Å². The van der Waals surface area contributed by atoms with E-state index in [-0.39, 0.29) is 12.1 Å². The van der Waals surface area contributed by atoms with Crippen molar-refractivity contribution in [2.24, 2.45) is 0 Å². The van der Waals surface area contributed by atoms with E-state index in [4.69, 9.17) is 4.74 Å². The van der Waals surface area contributed by atoms with Crippen LogP contribution in [0.4, 0.5) is 13.2 Å². The zero-order valence-electron chi connectivity index (χ0n) is 9.23. The Morgan fingerprint density at radius 3 is 2.50 bits per heavy atom. The Balaban J connectivity index is 2.77. The molecule has 0 spiro atoms. The van der Waals surface area contributed by atoms with Gasteiger partial charge >= 0.3 is 12.1 Å². The summed E-state index contributed by atoms with van der Waals surface area (Å²) in [6.45, 7) is 1.41. The fourth-order valence-corrected chi connectivity index (χ4v) is 1.34. The van der Waals surface area contributed by atoms with Crippen LogP contribution in [0, 0.1) is 0 Å². The molecular formula is C10H10F3NO2S2. The summed E-state index contributed by atoms with van der Waals surface area (Å²) in [6, 6.07) is 3.32. The topological polar surface area (TPSA) is 39.2 Å². The Bertz CT molecular complexity index is 443. The predicted molar refractivity (Wildman–Crippen MR) is 65.4 cm³/mol. The molecule has 0 amide bonds. The van der Waals surface area contributed by atoms with Crippen LogP contribution in [-0.2, 0) is 22.1 Å². The van der Waals surface area contributed by atoms with Crippen LogP contribution in [0.3, 0.4) is 0 Å². The third-order valence-corrected chi connectivity index (χ3v) is 1.91. The first-order chi connectivity index (χ1) is 8.08. The third kappa shape index (κ3) is 5.18. The average molecular weight is 297 g/mol. The van der Waals surface area contributed by atoms with E-state index in [0.717, 1.165) is 6.07 Å². The SMILES string of the molecule is CC(S)(S)OC(=O)Cc1cccc(C(F)(F)F)n1. The van der Waals surface area contributed by atoms with E-state index in [0.29, 0.717) is 0 Å². The van der Waals surface area contributed by atoms with Crippen LogP contribution >= 0.6 is 25.3 Å². The minimum absolute atomic E-state index is 0.0271. The number of thiol groups is 2. The Kier molecular flexibility index (Phi) is 4.55. The highest BCUT2D eigenvalue weighted by atomic mass is 32.2. The Morgan fingerprint density at radius 1 is 1.39 bits per heavy atom. The smallest absolute Gasteiger partial charge is 0.433 e. The molecule has 0 N–H and O–H groups in total. The van der Waals surface area contributed by atoms with E-state index in [1.807, 2.05) is 0 Å². The first kappa shape index (κ1) is 15.2. The minimum atomic E-state index is -4.54. The first-order valence-electron chi connectivity index (χ1n) is 4.77. The molecule has 0 bridgehead atoms. The Hall–Kier alpha value is -0.890. The monoisotopic (exact) mass is 297 g/mol. The molecule has 0 atom stereocenters. The number of esters is 1. The summed E-state index contributed by atoms with van der Waals surface area (Å²) in [5, 5.41) is 0. The van der Waals surface area contributed by atoms with Crippen molar-refractivity contribution in [3.8, 4) is 0 Å². The van der Waals surface area contributed by atoms with E-state index in [2.05, 4.69) is 30.2 Å². The molecule has 0 radical (unpaired) electrons. The number of aromatic nitrogens is 1. The van der Waals surface area contributed by atoms with Gasteiger partial charge in [-0.05, 0) is 19.1 Å². The molecule has 0 saturated carbocycles. The number of ether oxygens (including phenoxy) is 1. The molecule has 0 fully saturated rings. The van der Waals surface area contributed by atoms with Crippen LogP contribution in [-0.4, -0.2) is 15.2 Å². The number of hydrogen-bond donors (Lipinski definition) is 2. The van der Waals surface area contributed by atoms with Gasteiger partial charge < -0.3 is 4.74 Å². The van der Waals surface area contributed by atoms with Crippen molar-refractivity contribution >= 4 is 31.2 Å². The van der Waals surface area contributed by atoms with Crippen molar-refractivity contribution in [3.63, 3.8) is 0 Å². The fourth-order valence-electron chi connectivity index (χ4n) is 1.14. The Morgan fingerprint density at radius 2 is 2.00 bits per heavy atom. The lowest BCUT2D eigenvalue weighted by Crippen LogP contribution is -2.21. The molecule has 0 aliphatic rings.